The van der Waals surface area contributed by atoms with E-state index in [2.05, 4.69) is 16.0 Å². The lowest BCUT2D eigenvalue weighted by molar-refractivity contribution is -0.148. The molecule has 7 nitrogen and oxygen atoms in total. The van der Waals surface area contributed by atoms with Crippen LogP contribution in [0.4, 0.5) is 0 Å². The van der Waals surface area contributed by atoms with Crippen LogP contribution >= 0.6 is 7.82 Å². The van der Waals surface area contributed by atoms with Gasteiger partial charge in [0.25, 0.3) is 0 Å². The Morgan fingerprint density at radius 1 is 1.09 bits per heavy atom. The lowest BCUT2D eigenvalue weighted by Gasteiger charge is -2.17. The van der Waals surface area contributed by atoms with Crippen molar-refractivity contribution in [1.82, 2.24) is 0 Å². The lowest BCUT2D eigenvalue weighted by atomic mass is 10.1. The zero-order valence-corrected chi connectivity index (χ0v) is 14.7. The van der Waals surface area contributed by atoms with Crippen molar-refractivity contribution in [3.8, 4) is 0 Å². The van der Waals surface area contributed by atoms with Crippen LogP contribution in [0.5, 0.6) is 0 Å². The van der Waals surface area contributed by atoms with E-state index in [1.807, 2.05) is 0 Å². The first-order valence-electron chi connectivity index (χ1n) is 7.66. The first-order valence-corrected chi connectivity index (χ1v) is 9.16. The first-order chi connectivity index (χ1) is 10.4. The average Bonchev–Trinajstić information content (AvgIpc) is 2.51. The van der Waals surface area contributed by atoms with Crippen LogP contribution in [0.15, 0.2) is 0 Å². The minimum atomic E-state index is -4.04. The highest BCUT2D eigenvalue weighted by atomic mass is 31.2. The normalized spacial score (nSPS) is 15.3. The predicted octanol–water partition coefficient (Wildman–Crippen LogP) is 3.06. The molecule has 0 fully saturated rings. The van der Waals surface area contributed by atoms with Crippen molar-refractivity contribution in [3.63, 3.8) is 0 Å². The molecule has 0 aromatic rings. The molecule has 0 saturated heterocycles. The minimum absolute atomic E-state index is 0.0190. The van der Waals surface area contributed by atoms with E-state index in [1.165, 1.54) is 26.4 Å². The fourth-order valence-corrected chi connectivity index (χ4v) is 2.18. The van der Waals surface area contributed by atoms with Crippen LogP contribution < -0.4 is 0 Å². The van der Waals surface area contributed by atoms with Crippen molar-refractivity contribution in [2.24, 2.45) is 0 Å². The third kappa shape index (κ3) is 12.1. The summed E-state index contributed by atoms with van der Waals surface area (Å²) in [6.45, 7) is 1.95. The molecule has 0 aliphatic carbocycles. The van der Waals surface area contributed by atoms with Crippen LogP contribution in [-0.4, -0.2) is 44.4 Å². The van der Waals surface area contributed by atoms with Gasteiger partial charge in [-0.1, -0.05) is 39.0 Å². The summed E-state index contributed by atoms with van der Waals surface area (Å²) in [6, 6.07) is 0. The molecule has 2 atom stereocenters. The molecule has 22 heavy (non-hydrogen) atoms. The van der Waals surface area contributed by atoms with Gasteiger partial charge in [-0.2, -0.15) is 0 Å². The molecule has 1 N–H and O–H groups in total. The highest BCUT2D eigenvalue weighted by molar-refractivity contribution is 7.47. The number of carbonyl (C=O) groups excluding carboxylic acids is 1. The molecular weight excluding hydrogens is 311 g/mol. The molecule has 0 amide bonds. The number of phosphoric ester groups is 1. The zero-order valence-electron chi connectivity index (χ0n) is 13.8. The Bertz CT molecular complexity index is 335. The quantitative estimate of drug-likeness (QED) is 0.295. The van der Waals surface area contributed by atoms with E-state index in [1.54, 1.807) is 0 Å². The van der Waals surface area contributed by atoms with Gasteiger partial charge in [0.1, 0.15) is 12.7 Å². The number of carbonyl (C=O) groups is 1. The van der Waals surface area contributed by atoms with Crippen molar-refractivity contribution >= 4 is 13.8 Å². The molecule has 1 unspecified atom stereocenters. The van der Waals surface area contributed by atoms with Crippen LogP contribution in [0, 0.1) is 0 Å². The fraction of sp³-hybridized carbons (Fsp3) is 0.929. The standard InChI is InChI=1S/C14H29O7P/c1-4-5-6-7-8-9-10-14(15)20-11-13(18-2)12-21-22(16,17)19-3/h13H,4-12H2,1-3H3,(H,16,17)/t13-/m1/s1. The van der Waals surface area contributed by atoms with E-state index in [-0.39, 0.29) is 19.2 Å². The van der Waals surface area contributed by atoms with E-state index in [0.717, 1.165) is 26.4 Å². The molecule has 0 spiro atoms. The van der Waals surface area contributed by atoms with Gasteiger partial charge in [0.2, 0.25) is 0 Å². The molecule has 0 aliphatic heterocycles. The van der Waals surface area contributed by atoms with Crippen LogP contribution in [0.2, 0.25) is 0 Å². The summed E-state index contributed by atoms with van der Waals surface area (Å²) in [7, 11) is -1.56. The molecule has 0 aliphatic rings. The van der Waals surface area contributed by atoms with E-state index in [4.69, 9.17) is 14.4 Å². The highest BCUT2D eigenvalue weighted by Crippen LogP contribution is 2.41. The number of rotatable bonds is 14. The number of ether oxygens (including phenoxy) is 2. The summed E-state index contributed by atoms with van der Waals surface area (Å²) in [5, 5.41) is 0. The Morgan fingerprint density at radius 2 is 1.73 bits per heavy atom. The number of esters is 1. The Hall–Kier alpha value is -0.460. The number of phosphoric acid groups is 1. The Labute approximate surface area is 132 Å². The molecular formula is C14H29O7P. The van der Waals surface area contributed by atoms with Gasteiger partial charge in [-0.3, -0.25) is 13.8 Å². The van der Waals surface area contributed by atoms with E-state index < -0.39 is 13.9 Å². The number of methoxy groups -OCH3 is 1. The van der Waals surface area contributed by atoms with Crippen LogP contribution in [0.1, 0.15) is 51.9 Å². The molecule has 0 saturated carbocycles. The summed E-state index contributed by atoms with van der Waals surface area (Å²) in [6.07, 6.45) is 6.37. The molecule has 0 aromatic heterocycles. The first kappa shape index (κ1) is 21.5. The Balaban J connectivity index is 3.74. The van der Waals surface area contributed by atoms with E-state index >= 15 is 0 Å². The van der Waals surface area contributed by atoms with Gasteiger partial charge in [0.15, 0.2) is 0 Å². The van der Waals surface area contributed by atoms with Crippen LogP contribution in [0.3, 0.4) is 0 Å². The Morgan fingerprint density at radius 3 is 2.32 bits per heavy atom. The molecule has 0 rings (SSSR count). The van der Waals surface area contributed by atoms with E-state index in [9.17, 15) is 9.36 Å². The van der Waals surface area contributed by atoms with Crippen molar-refractivity contribution < 1.29 is 32.8 Å². The molecule has 8 heteroatoms. The molecule has 0 radical (unpaired) electrons. The number of hydrogen-bond acceptors (Lipinski definition) is 6. The van der Waals surface area contributed by atoms with Crippen molar-refractivity contribution in [3.05, 3.63) is 0 Å². The largest absolute Gasteiger partial charge is 0.472 e. The fourth-order valence-electron chi connectivity index (χ4n) is 1.72. The van der Waals surface area contributed by atoms with Gasteiger partial charge in [0.05, 0.1) is 6.61 Å². The third-order valence-corrected chi connectivity index (χ3v) is 4.09. The smallest absolute Gasteiger partial charge is 0.463 e. The van der Waals surface area contributed by atoms with Gasteiger partial charge in [-0.05, 0) is 6.42 Å². The maximum atomic E-state index is 11.6. The summed E-state index contributed by atoms with van der Waals surface area (Å²) >= 11 is 0. The SMILES string of the molecule is CCCCCCCCC(=O)OC[C@H](COP(=O)(O)OC)OC. The second-order valence-electron chi connectivity index (χ2n) is 5.01. The second kappa shape index (κ2) is 13.0. The minimum Gasteiger partial charge on any atom is -0.463 e. The summed E-state index contributed by atoms with van der Waals surface area (Å²) < 4.78 is 30.2. The van der Waals surface area contributed by atoms with Gasteiger partial charge >= 0.3 is 13.8 Å². The molecule has 132 valence electrons. The maximum absolute atomic E-state index is 11.6. The third-order valence-electron chi connectivity index (χ3n) is 3.15. The van der Waals surface area contributed by atoms with Crippen LogP contribution in [-0.2, 0) is 27.9 Å². The van der Waals surface area contributed by atoms with Gasteiger partial charge in [-0.15, -0.1) is 0 Å². The van der Waals surface area contributed by atoms with Crippen LogP contribution in [0.25, 0.3) is 0 Å². The average molecular weight is 340 g/mol. The summed E-state index contributed by atoms with van der Waals surface area (Å²) in [5.74, 6) is -0.295. The zero-order chi connectivity index (χ0) is 16.8. The maximum Gasteiger partial charge on any atom is 0.472 e. The van der Waals surface area contributed by atoms with Gasteiger partial charge in [0, 0.05) is 20.6 Å². The lowest BCUT2D eigenvalue weighted by Crippen LogP contribution is -2.25. The number of hydrogen-bond donors (Lipinski definition) is 1. The predicted molar refractivity (Wildman–Crippen MR) is 82.5 cm³/mol. The number of unbranched alkanes of at least 4 members (excludes halogenated alkanes) is 5. The monoisotopic (exact) mass is 340 g/mol. The topological polar surface area (TPSA) is 91.3 Å². The Kier molecular flexibility index (Phi) is 12.8. The summed E-state index contributed by atoms with van der Waals surface area (Å²) in [4.78, 5) is 20.7. The molecule has 0 aromatic carbocycles. The van der Waals surface area contributed by atoms with E-state index in [0.29, 0.717) is 6.42 Å². The van der Waals surface area contributed by atoms with Crippen molar-refractivity contribution in [2.45, 2.75) is 58.0 Å². The molecule has 0 heterocycles. The van der Waals surface area contributed by atoms with Gasteiger partial charge in [-0.25, -0.2) is 4.57 Å². The highest BCUT2D eigenvalue weighted by Gasteiger charge is 2.22. The second-order valence-corrected chi connectivity index (χ2v) is 6.57. The summed E-state index contributed by atoms with van der Waals surface area (Å²) in [5.41, 5.74) is 0. The van der Waals surface area contributed by atoms with Crippen molar-refractivity contribution in [2.75, 3.05) is 27.4 Å². The van der Waals surface area contributed by atoms with Gasteiger partial charge < -0.3 is 14.4 Å². The van der Waals surface area contributed by atoms with Crippen molar-refractivity contribution in [1.29, 1.82) is 0 Å². The molecule has 0 bridgehead atoms.